The van der Waals surface area contributed by atoms with Crippen LogP contribution in [-0.4, -0.2) is 44.5 Å². The van der Waals surface area contributed by atoms with Gasteiger partial charge in [-0.3, -0.25) is 5.41 Å². The maximum atomic E-state index is 7.75. The standard InChI is InChI=1S/C15H23BrN4/c1-19(2)10-11-5-7-20(8-6-11)14-4-3-12(16)9-13(14)15(17)18/h3-4,9,11H,5-8,10H2,1-2H3,(H3,17,18). The highest BCUT2D eigenvalue weighted by Gasteiger charge is 2.22. The van der Waals surface area contributed by atoms with Gasteiger partial charge in [0.15, 0.2) is 0 Å². The third kappa shape index (κ3) is 3.73. The molecule has 1 fully saturated rings. The Kier molecular flexibility index (Phi) is 5.05. The number of nitrogens with one attached hydrogen (secondary N) is 1. The minimum Gasteiger partial charge on any atom is -0.384 e. The van der Waals surface area contributed by atoms with Crippen molar-refractivity contribution in [3.63, 3.8) is 0 Å². The molecule has 3 N–H and O–H groups in total. The molecule has 0 bridgehead atoms. The molecule has 2 rings (SSSR count). The van der Waals surface area contributed by atoms with Gasteiger partial charge in [-0.2, -0.15) is 0 Å². The van der Waals surface area contributed by atoms with Crippen LogP contribution in [0.3, 0.4) is 0 Å². The highest BCUT2D eigenvalue weighted by atomic mass is 79.9. The quantitative estimate of drug-likeness (QED) is 0.655. The van der Waals surface area contributed by atoms with Crippen molar-refractivity contribution in [2.24, 2.45) is 11.7 Å². The molecular weight excluding hydrogens is 316 g/mol. The molecule has 0 unspecified atom stereocenters. The summed E-state index contributed by atoms with van der Waals surface area (Å²) >= 11 is 3.45. The molecule has 20 heavy (non-hydrogen) atoms. The van der Waals surface area contributed by atoms with Crippen molar-refractivity contribution in [1.29, 1.82) is 5.41 Å². The Labute approximate surface area is 129 Å². The Morgan fingerprint density at radius 3 is 2.60 bits per heavy atom. The van der Waals surface area contributed by atoms with Crippen LogP contribution in [0.5, 0.6) is 0 Å². The Morgan fingerprint density at radius 1 is 1.40 bits per heavy atom. The molecular formula is C15H23BrN4. The first-order valence-electron chi connectivity index (χ1n) is 7.01. The number of nitrogens with zero attached hydrogens (tertiary/aromatic N) is 2. The lowest BCUT2D eigenvalue weighted by atomic mass is 9.95. The van der Waals surface area contributed by atoms with Gasteiger partial charge in [-0.25, -0.2) is 0 Å². The first-order valence-corrected chi connectivity index (χ1v) is 7.80. The molecule has 0 aliphatic carbocycles. The first-order chi connectivity index (χ1) is 9.47. The number of nitrogen functional groups attached to an aromatic ring is 1. The summed E-state index contributed by atoms with van der Waals surface area (Å²) in [5.74, 6) is 0.911. The second kappa shape index (κ2) is 6.59. The minimum absolute atomic E-state index is 0.136. The number of amidine groups is 1. The lowest BCUT2D eigenvalue weighted by molar-refractivity contribution is 0.285. The zero-order valence-electron chi connectivity index (χ0n) is 12.2. The van der Waals surface area contributed by atoms with Gasteiger partial charge in [-0.05, 0) is 51.1 Å². The highest BCUT2D eigenvalue weighted by Crippen LogP contribution is 2.28. The fourth-order valence-corrected chi connectivity index (χ4v) is 3.23. The number of anilines is 1. The minimum atomic E-state index is 0.136. The molecule has 0 spiro atoms. The van der Waals surface area contributed by atoms with Crippen molar-refractivity contribution >= 4 is 27.5 Å². The summed E-state index contributed by atoms with van der Waals surface area (Å²) in [6.45, 7) is 3.24. The largest absolute Gasteiger partial charge is 0.384 e. The monoisotopic (exact) mass is 338 g/mol. The van der Waals surface area contributed by atoms with E-state index in [4.69, 9.17) is 11.1 Å². The van der Waals surface area contributed by atoms with E-state index in [-0.39, 0.29) is 5.84 Å². The smallest absolute Gasteiger partial charge is 0.124 e. The third-order valence-corrected chi connectivity index (χ3v) is 4.32. The summed E-state index contributed by atoms with van der Waals surface area (Å²) in [5.41, 5.74) is 7.62. The topological polar surface area (TPSA) is 56.4 Å². The van der Waals surface area contributed by atoms with Crippen LogP contribution in [0.25, 0.3) is 0 Å². The lowest BCUT2D eigenvalue weighted by Gasteiger charge is -2.35. The number of halogens is 1. The van der Waals surface area contributed by atoms with E-state index in [1.54, 1.807) is 0 Å². The average molecular weight is 339 g/mol. The summed E-state index contributed by atoms with van der Waals surface area (Å²) in [6, 6.07) is 6.02. The number of nitrogens with two attached hydrogens (primary N) is 1. The summed E-state index contributed by atoms with van der Waals surface area (Å²) in [4.78, 5) is 4.62. The zero-order chi connectivity index (χ0) is 14.7. The number of benzene rings is 1. The Bertz CT molecular complexity index is 479. The van der Waals surface area contributed by atoms with Crippen LogP contribution in [0.2, 0.25) is 0 Å². The van der Waals surface area contributed by atoms with Crippen LogP contribution in [0.1, 0.15) is 18.4 Å². The van der Waals surface area contributed by atoms with Crippen molar-refractivity contribution in [3.05, 3.63) is 28.2 Å². The number of hydrogen-bond acceptors (Lipinski definition) is 3. The normalized spacial score (nSPS) is 16.7. The van der Waals surface area contributed by atoms with Crippen LogP contribution in [0, 0.1) is 11.3 Å². The van der Waals surface area contributed by atoms with E-state index < -0.39 is 0 Å². The number of piperidine rings is 1. The highest BCUT2D eigenvalue weighted by molar-refractivity contribution is 9.10. The Balaban J connectivity index is 2.09. The van der Waals surface area contributed by atoms with Gasteiger partial charge in [0.1, 0.15) is 5.84 Å². The van der Waals surface area contributed by atoms with Crippen molar-refractivity contribution in [2.45, 2.75) is 12.8 Å². The van der Waals surface area contributed by atoms with Crippen molar-refractivity contribution in [3.8, 4) is 0 Å². The van der Waals surface area contributed by atoms with Gasteiger partial charge in [0.25, 0.3) is 0 Å². The summed E-state index contributed by atoms with van der Waals surface area (Å²) in [7, 11) is 4.27. The fourth-order valence-electron chi connectivity index (χ4n) is 2.87. The number of hydrogen-bond donors (Lipinski definition) is 2. The van der Waals surface area contributed by atoms with Crippen LogP contribution >= 0.6 is 15.9 Å². The molecule has 0 saturated carbocycles. The van der Waals surface area contributed by atoms with E-state index in [1.807, 2.05) is 12.1 Å². The second-order valence-corrected chi connectivity index (χ2v) is 6.68. The number of rotatable bonds is 4. The van der Waals surface area contributed by atoms with Crippen LogP contribution in [-0.2, 0) is 0 Å². The molecule has 1 aromatic rings. The zero-order valence-corrected chi connectivity index (χ0v) is 13.8. The summed E-state index contributed by atoms with van der Waals surface area (Å²) in [6.07, 6.45) is 2.40. The Hall–Kier alpha value is -1.07. The average Bonchev–Trinajstić information content (AvgIpc) is 2.39. The Morgan fingerprint density at radius 2 is 2.05 bits per heavy atom. The second-order valence-electron chi connectivity index (χ2n) is 5.77. The van der Waals surface area contributed by atoms with Crippen LogP contribution in [0.4, 0.5) is 5.69 Å². The van der Waals surface area contributed by atoms with Gasteiger partial charge in [0.05, 0.1) is 0 Å². The molecule has 110 valence electrons. The van der Waals surface area contributed by atoms with Gasteiger partial charge in [-0.1, -0.05) is 15.9 Å². The van der Waals surface area contributed by atoms with E-state index in [0.29, 0.717) is 0 Å². The van der Waals surface area contributed by atoms with Crippen molar-refractivity contribution < 1.29 is 0 Å². The van der Waals surface area contributed by atoms with Crippen LogP contribution < -0.4 is 10.6 Å². The van der Waals surface area contributed by atoms with Gasteiger partial charge in [0.2, 0.25) is 0 Å². The maximum absolute atomic E-state index is 7.75. The molecule has 0 radical (unpaired) electrons. The molecule has 0 amide bonds. The van der Waals surface area contributed by atoms with E-state index in [0.717, 1.165) is 41.3 Å². The molecule has 4 nitrogen and oxygen atoms in total. The van der Waals surface area contributed by atoms with Gasteiger partial charge in [0, 0.05) is 35.4 Å². The van der Waals surface area contributed by atoms with Crippen molar-refractivity contribution in [1.82, 2.24) is 4.90 Å². The molecule has 1 aliphatic heterocycles. The first kappa shape index (κ1) is 15.3. The van der Waals surface area contributed by atoms with E-state index >= 15 is 0 Å². The lowest BCUT2D eigenvalue weighted by Crippen LogP contribution is -2.38. The van der Waals surface area contributed by atoms with Crippen LogP contribution in [0.15, 0.2) is 22.7 Å². The van der Waals surface area contributed by atoms with E-state index in [2.05, 4.69) is 45.9 Å². The maximum Gasteiger partial charge on any atom is 0.124 e. The van der Waals surface area contributed by atoms with Gasteiger partial charge < -0.3 is 15.5 Å². The molecule has 1 aliphatic rings. The van der Waals surface area contributed by atoms with E-state index in [1.165, 1.54) is 12.8 Å². The summed E-state index contributed by atoms with van der Waals surface area (Å²) < 4.78 is 0.967. The predicted molar refractivity (Wildman–Crippen MR) is 88.6 cm³/mol. The fraction of sp³-hybridized carbons (Fsp3) is 0.533. The third-order valence-electron chi connectivity index (χ3n) is 3.83. The molecule has 1 aromatic carbocycles. The molecule has 1 saturated heterocycles. The molecule has 1 heterocycles. The molecule has 0 atom stereocenters. The van der Waals surface area contributed by atoms with Gasteiger partial charge >= 0.3 is 0 Å². The van der Waals surface area contributed by atoms with Gasteiger partial charge in [-0.15, -0.1) is 0 Å². The molecule has 5 heteroatoms. The van der Waals surface area contributed by atoms with E-state index in [9.17, 15) is 0 Å². The molecule has 0 aromatic heterocycles. The van der Waals surface area contributed by atoms with Crippen molar-refractivity contribution in [2.75, 3.05) is 38.6 Å². The summed E-state index contributed by atoms with van der Waals surface area (Å²) in [5, 5.41) is 7.75. The predicted octanol–water partition coefficient (Wildman–Crippen LogP) is 2.51. The SMILES string of the molecule is CN(C)CC1CCN(c2ccc(Br)cc2C(=N)N)CC1.